The molecule has 2 aromatic rings. The molecular formula is C14H11BrFN3. The molecule has 19 heavy (non-hydrogen) atoms. The fourth-order valence-corrected chi connectivity index (χ4v) is 2.17. The third-order valence-electron chi connectivity index (χ3n) is 2.54. The SMILES string of the molecule is CCCc1nc(Br)cc(-c2cc(F)cc(C#N)c2)n1. The molecule has 0 atom stereocenters. The van der Waals surface area contributed by atoms with Gasteiger partial charge in [-0.3, -0.25) is 0 Å². The fraction of sp³-hybridized carbons (Fsp3) is 0.214. The highest BCUT2D eigenvalue weighted by Crippen LogP contribution is 2.23. The molecule has 0 saturated carbocycles. The molecule has 0 fully saturated rings. The predicted octanol–water partition coefficient (Wildman–Crippen LogP) is 3.87. The average Bonchev–Trinajstić information content (AvgIpc) is 2.37. The first-order valence-electron chi connectivity index (χ1n) is 5.87. The summed E-state index contributed by atoms with van der Waals surface area (Å²) < 4.78 is 14.1. The van der Waals surface area contributed by atoms with Gasteiger partial charge in [-0.25, -0.2) is 14.4 Å². The summed E-state index contributed by atoms with van der Waals surface area (Å²) in [6, 6.07) is 7.84. The molecule has 3 nitrogen and oxygen atoms in total. The first kappa shape index (κ1) is 13.6. The number of hydrogen-bond acceptors (Lipinski definition) is 3. The Morgan fingerprint density at radius 2 is 2.05 bits per heavy atom. The van der Waals surface area contributed by atoms with Crippen LogP contribution in [-0.2, 0) is 6.42 Å². The second kappa shape index (κ2) is 5.89. The minimum atomic E-state index is -0.444. The van der Waals surface area contributed by atoms with Crippen LogP contribution in [0.15, 0.2) is 28.9 Å². The highest BCUT2D eigenvalue weighted by atomic mass is 79.9. The van der Waals surface area contributed by atoms with Gasteiger partial charge in [0.2, 0.25) is 0 Å². The topological polar surface area (TPSA) is 49.6 Å². The van der Waals surface area contributed by atoms with E-state index in [1.807, 2.05) is 13.0 Å². The van der Waals surface area contributed by atoms with E-state index in [0.29, 0.717) is 21.7 Å². The van der Waals surface area contributed by atoms with Crippen molar-refractivity contribution in [1.82, 2.24) is 9.97 Å². The number of aryl methyl sites for hydroxylation is 1. The quantitative estimate of drug-likeness (QED) is 0.807. The number of halogens is 2. The molecule has 0 saturated heterocycles. The van der Waals surface area contributed by atoms with Gasteiger partial charge < -0.3 is 0 Å². The Kier molecular flexibility index (Phi) is 4.23. The van der Waals surface area contributed by atoms with E-state index in [0.717, 1.165) is 12.8 Å². The Labute approximate surface area is 119 Å². The van der Waals surface area contributed by atoms with Gasteiger partial charge in [-0.2, -0.15) is 5.26 Å². The number of benzene rings is 1. The highest BCUT2D eigenvalue weighted by Gasteiger charge is 2.08. The maximum Gasteiger partial charge on any atom is 0.130 e. The second-order valence-corrected chi connectivity index (χ2v) is 4.89. The van der Waals surface area contributed by atoms with Crippen LogP contribution in [0.4, 0.5) is 4.39 Å². The van der Waals surface area contributed by atoms with Crippen molar-refractivity contribution < 1.29 is 4.39 Å². The molecule has 0 radical (unpaired) electrons. The smallest absolute Gasteiger partial charge is 0.130 e. The summed E-state index contributed by atoms with van der Waals surface area (Å²) in [5.74, 6) is 0.260. The molecule has 0 unspecified atom stereocenters. The minimum Gasteiger partial charge on any atom is -0.233 e. The normalized spacial score (nSPS) is 10.2. The van der Waals surface area contributed by atoms with E-state index in [9.17, 15) is 4.39 Å². The second-order valence-electron chi connectivity index (χ2n) is 4.08. The molecule has 0 bridgehead atoms. The van der Waals surface area contributed by atoms with Crippen LogP contribution in [0.2, 0.25) is 0 Å². The predicted molar refractivity (Wildman–Crippen MR) is 73.8 cm³/mol. The van der Waals surface area contributed by atoms with E-state index in [1.54, 1.807) is 12.1 Å². The van der Waals surface area contributed by atoms with Crippen molar-refractivity contribution in [3.63, 3.8) is 0 Å². The lowest BCUT2D eigenvalue weighted by molar-refractivity contribution is 0.627. The third kappa shape index (κ3) is 3.36. The Morgan fingerprint density at radius 3 is 2.74 bits per heavy atom. The van der Waals surface area contributed by atoms with Crippen molar-refractivity contribution in [2.75, 3.05) is 0 Å². The van der Waals surface area contributed by atoms with Crippen LogP contribution in [-0.4, -0.2) is 9.97 Å². The largest absolute Gasteiger partial charge is 0.233 e. The number of rotatable bonds is 3. The lowest BCUT2D eigenvalue weighted by Crippen LogP contribution is -1.97. The van der Waals surface area contributed by atoms with E-state index in [1.165, 1.54) is 12.1 Å². The maximum absolute atomic E-state index is 13.4. The molecule has 0 amide bonds. The van der Waals surface area contributed by atoms with Crippen LogP contribution in [0, 0.1) is 17.1 Å². The van der Waals surface area contributed by atoms with Gasteiger partial charge in [-0.1, -0.05) is 6.92 Å². The van der Waals surface area contributed by atoms with Gasteiger partial charge in [-0.15, -0.1) is 0 Å². The van der Waals surface area contributed by atoms with Crippen molar-refractivity contribution in [2.24, 2.45) is 0 Å². The van der Waals surface area contributed by atoms with Gasteiger partial charge >= 0.3 is 0 Å². The van der Waals surface area contributed by atoms with E-state index in [4.69, 9.17) is 5.26 Å². The summed E-state index contributed by atoms with van der Waals surface area (Å²) in [6.07, 6.45) is 1.69. The van der Waals surface area contributed by atoms with Crippen molar-refractivity contribution in [1.29, 1.82) is 5.26 Å². The molecule has 0 aliphatic carbocycles. The van der Waals surface area contributed by atoms with Crippen LogP contribution in [0.5, 0.6) is 0 Å². The summed E-state index contributed by atoms with van der Waals surface area (Å²) in [5, 5.41) is 8.87. The monoisotopic (exact) mass is 319 g/mol. The molecule has 96 valence electrons. The molecule has 1 aromatic heterocycles. The van der Waals surface area contributed by atoms with E-state index in [2.05, 4.69) is 25.9 Å². The third-order valence-corrected chi connectivity index (χ3v) is 2.94. The Hall–Kier alpha value is -1.80. The minimum absolute atomic E-state index is 0.279. The molecule has 1 heterocycles. The number of hydrogen-bond donors (Lipinski definition) is 0. The fourth-order valence-electron chi connectivity index (χ4n) is 1.75. The number of nitrogens with zero attached hydrogens (tertiary/aromatic N) is 3. The molecular weight excluding hydrogens is 309 g/mol. The van der Waals surface area contributed by atoms with Crippen LogP contribution >= 0.6 is 15.9 Å². The number of aromatic nitrogens is 2. The maximum atomic E-state index is 13.4. The van der Waals surface area contributed by atoms with Gasteiger partial charge in [0.05, 0.1) is 17.3 Å². The van der Waals surface area contributed by atoms with Crippen molar-refractivity contribution in [2.45, 2.75) is 19.8 Å². The Balaban J connectivity index is 2.52. The van der Waals surface area contributed by atoms with Crippen LogP contribution in [0.3, 0.4) is 0 Å². The lowest BCUT2D eigenvalue weighted by Gasteiger charge is -2.05. The summed E-state index contributed by atoms with van der Waals surface area (Å²) in [6.45, 7) is 2.04. The van der Waals surface area contributed by atoms with Crippen molar-refractivity contribution in [3.8, 4) is 17.3 Å². The summed E-state index contributed by atoms with van der Waals surface area (Å²) in [5.41, 5.74) is 1.47. The van der Waals surface area contributed by atoms with E-state index in [-0.39, 0.29) is 5.56 Å². The zero-order chi connectivity index (χ0) is 13.8. The Bertz CT molecular complexity index is 650. The Morgan fingerprint density at radius 1 is 1.26 bits per heavy atom. The molecule has 2 rings (SSSR count). The molecule has 0 aliphatic heterocycles. The van der Waals surface area contributed by atoms with Crippen LogP contribution < -0.4 is 0 Å². The van der Waals surface area contributed by atoms with Crippen LogP contribution in [0.1, 0.15) is 24.7 Å². The summed E-state index contributed by atoms with van der Waals surface area (Å²) in [7, 11) is 0. The molecule has 0 aliphatic rings. The summed E-state index contributed by atoms with van der Waals surface area (Å²) >= 11 is 3.32. The van der Waals surface area contributed by atoms with Crippen LogP contribution in [0.25, 0.3) is 11.3 Å². The van der Waals surface area contributed by atoms with Gasteiger partial charge in [0.1, 0.15) is 16.2 Å². The average molecular weight is 320 g/mol. The van der Waals surface area contributed by atoms with Gasteiger partial charge in [0.15, 0.2) is 0 Å². The highest BCUT2D eigenvalue weighted by molar-refractivity contribution is 9.10. The lowest BCUT2D eigenvalue weighted by atomic mass is 10.1. The first-order valence-corrected chi connectivity index (χ1v) is 6.66. The first-order chi connectivity index (χ1) is 9.12. The van der Waals surface area contributed by atoms with Gasteiger partial charge in [-0.05, 0) is 46.6 Å². The van der Waals surface area contributed by atoms with Crippen molar-refractivity contribution in [3.05, 3.63) is 46.1 Å². The molecule has 0 N–H and O–H groups in total. The van der Waals surface area contributed by atoms with E-state index < -0.39 is 5.82 Å². The number of nitriles is 1. The molecule has 1 aromatic carbocycles. The molecule has 5 heteroatoms. The van der Waals surface area contributed by atoms with Gasteiger partial charge in [0, 0.05) is 12.0 Å². The van der Waals surface area contributed by atoms with Gasteiger partial charge in [0.25, 0.3) is 0 Å². The zero-order valence-electron chi connectivity index (χ0n) is 10.3. The zero-order valence-corrected chi connectivity index (χ0v) is 11.9. The standard InChI is InChI=1S/C14H11BrFN3/c1-2-3-14-18-12(7-13(15)19-14)10-4-9(8-17)5-11(16)6-10/h4-7H,2-3H2,1H3. The van der Waals surface area contributed by atoms with Crippen molar-refractivity contribution >= 4 is 15.9 Å². The molecule has 0 spiro atoms. The van der Waals surface area contributed by atoms with E-state index >= 15 is 0 Å². The summed E-state index contributed by atoms with van der Waals surface area (Å²) in [4.78, 5) is 8.65.